The van der Waals surface area contributed by atoms with Gasteiger partial charge in [0.1, 0.15) is 0 Å². The molecule has 15 heavy (non-hydrogen) atoms. The second-order valence-corrected chi connectivity index (χ2v) is 5.61. The van der Waals surface area contributed by atoms with Crippen LogP contribution in [0, 0.1) is 11.3 Å². The number of hydrogen-bond donors (Lipinski definition) is 1. The first kappa shape index (κ1) is 14.8. The Morgan fingerprint density at radius 2 is 1.93 bits per heavy atom. The molecule has 0 rings (SSSR count). The van der Waals surface area contributed by atoms with Crippen LogP contribution in [0.1, 0.15) is 47.5 Å². The van der Waals surface area contributed by atoms with Gasteiger partial charge in [0.2, 0.25) is 5.91 Å². The van der Waals surface area contributed by atoms with E-state index in [1.807, 2.05) is 6.92 Å². The molecule has 90 valence electrons. The summed E-state index contributed by atoms with van der Waals surface area (Å²) in [5, 5.41) is 2.95. The molecule has 0 fully saturated rings. The molecule has 0 saturated heterocycles. The summed E-state index contributed by atoms with van der Waals surface area (Å²) in [6, 6.07) is 0.117. The molecule has 0 aromatic heterocycles. The molecule has 0 radical (unpaired) electrons. The second kappa shape index (κ2) is 6.37. The third-order valence-electron chi connectivity index (χ3n) is 3.01. The Morgan fingerprint density at radius 1 is 1.40 bits per heavy atom. The third-order valence-corrected chi connectivity index (χ3v) is 3.39. The van der Waals surface area contributed by atoms with Crippen molar-refractivity contribution in [3.05, 3.63) is 0 Å². The predicted molar refractivity (Wildman–Crippen MR) is 66.2 cm³/mol. The zero-order valence-electron chi connectivity index (χ0n) is 10.6. The van der Waals surface area contributed by atoms with Crippen LogP contribution in [-0.2, 0) is 4.79 Å². The fourth-order valence-electron chi connectivity index (χ4n) is 1.12. The van der Waals surface area contributed by atoms with Gasteiger partial charge in [0.15, 0.2) is 0 Å². The molecule has 0 aliphatic heterocycles. The Hall–Kier alpha value is -0.240. The third kappa shape index (κ3) is 6.03. The fourth-order valence-corrected chi connectivity index (χ4v) is 1.42. The van der Waals surface area contributed by atoms with Gasteiger partial charge < -0.3 is 5.32 Å². The predicted octanol–water partition coefficient (Wildman–Crippen LogP) is 3.19. The van der Waals surface area contributed by atoms with Gasteiger partial charge >= 0.3 is 0 Å². The zero-order chi connectivity index (χ0) is 12.1. The van der Waals surface area contributed by atoms with Crippen molar-refractivity contribution < 1.29 is 4.79 Å². The van der Waals surface area contributed by atoms with Crippen molar-refractivity contribution in [2.24, 2.45) is 11.3 Å². The van der Waals surface area contributed by atoms with E-state index in [1.54, 1.807) is 0 Å². The highest BCUT2D eigenvalue weighted by Gasteiger charge is 2.23. The molecule has 2 nitrogen and oxygen atoms in total. The lowest BCUT2D eigenvalue weighted by molar-refractivity contribution is -0.123. The Labute approximate surface area is 98.8 Å². The summed E-state index contributed by atoms with van der Waals surface area (Å²) in [6.45, 7) is 10.6. The van der Waals surface area contributed by atoms with Gasteiger partial charge in [-0.3, -0.25) is 4.79 Å². The normalized spacial score (nSPS) is 15.9. The number of carbonyl (C=O) groups is 1. The Bertz CT molecular complexity index is 194. The van der Waals surface area contributed by atoms with E-state index in [4.69, 9.17) is 11.6 Å². The number of amides is 1. The Kier molecular flexibility index (Phi) is 6.26. The van der Waals surface area contributed by atoms with Crippen molar-refractivity contribution in [1.82, 2.24) is 5.32 Å². The summed E-state index contributed by atoms with van der Waals surface area (Å²) in [5.41, 5.74) is 0.181. The van der Waals surface area contributed by atoms with Gasteiger partial charge in [-0.1, -0.05) is 34.6 Å². The maximum Gasteiger partial charge on any atom is 0.220 e. The number of halogens is 1. The molecular weight excluding hydrogens is 210 g/mol. The minimum Gasteiger partial charge on any atom is -0.352 e. The molecule has 2 atom stereocenters. The molecular formula is C12H24ClNO. The van der Waals surface area contributed by atoms with Crippen LogP contribution in [-0.4, -0.2) is 17.8 Å². The lowest BCUT2D eigenvalue weighted by atomic mass is 9.80. The molecule has 0 aliphatic carbocycles. The molecule has 2 unspecified atom stereocenters. The molecule has 0 aliphatic rings. The fraction of sp³-hybridized carbons (Fsp3) is 0.917. The van der Waals surface area contributed by atoms with E-state index in [0.29, 0.717) is 18.2 Å². The maximum atomic E-state index is 11.7. The largest absolute Gasteiger partial charge is 0.352 e. The average molecular weight is 234 g/mol. The van der Waals surface area contributed by atoms with Crippen LogP contribution >= 0.6 is 11.6 Å². The first-order valence-electron chi connectivity index (χ1n) is 5.66. The van der Waals surface area contributed by atoms with E-state index in [-0.39, 0.29) is 17.4 Å². The molecule has 0 heterocycles. The van der Waals surface area contributed by atoms with Crippen LogP contribution in [0.15, 0.2) is 0 Å². The van der Waals surface area contributed by atoms with Gasteiger partial charge in [-0.05, 0) is 17.8 Å². The standard InChI is InChI=1S/C12H24ClNO/c1-6-10(8-13)14-11(15)7-9(2)12(3,4)5/h9-10H,6-8H2,1-5H3,(H,14,15). The average Bonchev–Trinajstić information content (AvgIpc) is 2.12. The van der Waals surface area contributed by atoms with Crippen LogP contribution < -0.4 is 5.32 Å². The zero-order valence-corrected chi connectivity index (χ0v) is 11.3. The minimum absolute atomic E-state index is 0.116. The topological polar surface area (TPSA) is 29.1 Å². The van der Waals surface area contributed by atoms with Crippen LogP contribution in [0.4, 0.5) is 0 Å². The first-order valence-corrected chi connectivity index (χ1v) is 6.20. The van der Waals surface area contributed by atoms with Crippen molar-refractivity contribution in [1.29, 1.82) is 0 Å². The van der Waals surface area contributed by atoms with Crippen molar-refractivity contribution in [3.63, 3.8) is 0 Å². The van der Waals surface area contributed by atoms with E-state index in [0.717, 1.165) is 6.42 Å². The lowest BCUT2D eigenvalue weighted by Gasteiger charge is -2.27. The van der Waals surface area contributed by atoms with Gasteiger partial charge in [0.05, 0.1) is 0 Å². The van der Waals surface area contributed by atoms with Gasteiger partial charge in [-0.2, -0.15) is 0 Å². The van der Waals surface area contributed by atoms with Crippen LogP contribution in [0.3, 0.4) is 0 Å². The van der Waals surface area contributed by atoms with Gasteiger partial charge in [0, 0.05) is 18.3 Å². The molecule has 0 spiro atoms. The number of carbonyl (C=O) groups excluding carboxylic acids is 1. The van der Waals surface area contributed by atoms with E-state index in [9.17, 15) is 4.79 Å². The van der Waals surface area contributed by atoms with Crippen LogP contribution in [0.25, 0.3) is 0 Å². The maximum absolute atomic E-state index is 11.7. The summed E-state index contributed by atoms with van der Waals surface area (Å²) in [7, 11) is 0. The summed E-state index contributed by atoms with van der Waals surface area (Å²) >= 11 is 5.72. The first-order chi connectivity index (χ1) is 6.81. The summed E-state index contributed by atoms with van der Waals surface area (Å²) in [5.74, 6) is 0.988. The smallest absolute Gasteiger partial charge is 0.220 e. The number of alkyl halides is 1. The molecule has 0 bridgehead atoms. The molecule has 1 amide bonds. The Balaban J connectivity index is 4.04. The molecule has 0 aromatic carbocycles. The molecule has 0 saturated carbocycles. The van der Waals surface area contributed by atoms with Crippen molar-refractivity contribution >= 4 is 17.5 Å². The SMILES string of the molecule is CCC(CCl)NC(=O)CC(C)C(C)(C)C. The highest BCUT2D eigenvalue weighted by Crippen LogP contribution is 2.27. The Morgan fingerprint density at radius 3 is 2.27 bits per heavy atom. The van der Waals surface area contributed by atoms with Gasteiger partial charge in [-0.25, -0.2) is 0 Å². The quantitative estimate of drug-likeness (QED) is 0.726. The minimum atomic E-state index is 0.116. The molecule has 0 aromatic rings. The van der Waals surface area contributed by atoms with E-state index in [1.165, 1.54) is 0 Å². The van der Waals surface area contributed by atoms with Gasteiger partial charge in [0.25, 0.3) is 0 Å². The van der Waals surface area contributed by atoms with Crippen LogP contribution in [0.5, 0.6) is 0 Å². The van der Waals surface area contributed by atoms with Crippen LogP contribution in [0.2, 0.25) is 0 Å². The number of rotatable bonds is 5. The summed E-state index contributed by atoms with van der Waals surface area (Å²) in [4.78, 5) is 11.7. The number of hydrogen-bond acceptors (Lipinski definition) is 1. The van der Waals surface area contributed by atoms with Crippen molar-refractivity contribution in [2.45, 2.75) is 53.5 Å². The number of nitrogens with one attached hydrogen (secondary N) is 1. The van der Waals surface area contributed by atoms with Crippen molar-refractivity contribution in [3.8, 4) is 0 Å². The lowest BCUT2D eigenvalue weighted by Crippen LogP contribution is -2.37. The van der Waals surface area contributed by atoms with Crippen molar-refractivity contribution in [2.75, 3.05) is 5.88 Å². The van der Waals surface area contributed by atoms with E-state index >= 15 is 0 Å². The highest BCUT2D eigenvalue weighted by molar-refractivity contribution is 6.18. The monoisotopic (exact) mass is 233 g/mol. The molecule has 1 N–H and O–H groups in total. The molecule has 3 heteroatoms. The van der Waals surface area contributed by atoms with Gasteiger partial charge in [-0.15, -0.1) is 11.6 Å². The summed E-state index contributed by atoms with van der Waals surface area (Å²) in [6.07, 6.45) is 1.47. The summed E-state index contributed by atoms with van der Waals surface area (Å²) < 4.78 is 0. The van der Waals surface area contributed by atoms with E-state index in [2.05, 4.69) is 33.0 Å². The second-order valence-electron chi connectivity index (χ2n) is 5.30. The highest BCUT2D eigenvalue weighted by atomic mass is 35.5. The van der Waals surface area contributed by atoms with E-state index < -0.39 is 0 Å².